The largest absolute Gasteiger partial charge is 0.870 e. The number of hydrogen-bond donors (Lipinski definition) is 0. The molecule has 0 aliphatic heterocycles. The zero-order chi connectivity index (χ0) is 7.72. The fraction of sp³-hybridized carbons (Fsp3) is 0. The molecule has 0 atom stereocenters. The van der Waals surface area contributed by atoms with E-state index in [9.17, 15) is 19.8 Å². The molecule has 4 heteroatoms. The van der Waals surface area contributed by atoms with Gasteiger partial charge in [0.05, 0.1) is 0 Å². The Labute approximate surface area is 56.1 Å². The summed E-state index contributed by atoms with van der Waals surface area (Å²) in [6.07, 6.45) is 1.01. The molecule has 0 amide bonds. The third-order valence-electron chi connectivity index (χ3n) is 1.01. The van der Waals surface area contributed by atoms with Gasteiger partial charge in [-0.15, -0.1) is 0 Å². The minimum atomic E-state index is -0.926. The van der Waals surface area contributed by atoms with Crippen molar-refractivity contribution in [1.29, 1.82) is 0 Å². The molecule has 52 valence electrons. The summed E-state index contributed by atoms with van der Waals surface area (Å²) < 4.78 is 0. The molecule has 4 nitrogen and oxygen atoms in total. The lowest BCUT2D eigenvalue weighted by Crippen LogP contribution is -2.25. The van der Waals surface area contributed by atoms with Crippen LogP contribution in [0.15, 0.2) is 23.7 Å². The number of carbonyl (C=O) groups is 2. The summed E-state index contributed by atoms with van der Waals surface area (Å²) >= 11 is 0. The van der Waals surface area contributed by atoms with Crippen molar-refractivity contribution in [1.82, 2.24) is 0 Å². The van der Waals surface area contributed by atoms with E-state index in [4.69, 9.17) is 0 Å². The molecule has 0 spiro atoms. The van der Waals surface area contributed by atoms with Crippen molar-refractivity contribution in [2.24, 2.45) is 0 Å². The van der Waals surface area contributed by atoms with Crippen molar-refractivity contribution in [2.45, 2.75) is 0 Å². The maximum Gasteiger partial charge on any atom is 0.170 e. The van der Waals surface area contributed by atoms with Crippen LogP contribution < -0.4 is 10.2 Å². The summed E-state index contributed by atoms with van der Waals surface area (Å²) in [6.45, 7) is 0. The Morgan fingerprint density at radius 3 is 1.50 bits per heavy atom. The zero-order valence-corrected chi connectivity index (χ0v) is 4.79. The Balaban J connectivity index is 3.03. The first-order valence-electron chi connectivity index (χ1n) is 2.47. The van der Waals surface area contributed by atoms with Crippen molar-refractivity contribution < 1.29 is 19.8 Å². The molecular formula is C6H2O4-2. The van der Waals surface area contributed by atoms with Gasteiger partial charge in [-0.3, -0.25) is 9.59 Å². The molecule has 1 rings (SSSR count). The number of rotatable bonds is 0. The second-order valence-electron chi connectivity index (χ2n) is 1.75. The minimum absolute atomic E-state index is 0.505. The van der Waals surface area contributed by atoms with Gasteiger partial charge in [-0.05, 0) is 12.2 Å². The quantitative estimate of drug-likeness (QED) is 0.350. The first-order valence-corrected chi connectivity index (χ1v) is 2.47. The fourth-order valence-corrected chi connectivity index (χ4v) is 0.523. The van der Waals surface area contributed by atoms with Crippen LogP contribution in [0.1, 0.15) is 0 Å². The van der Waals surface area contributed by atoms with Crippen LogP contribution in [0.4, 0.5) is 0 Å². The van der Waals surface area contributed by atoms with Gasteiger partial charge >= 0.3 is 0 Å². The highest BCUT2D eigenvalue weighted by molar-refractivity contribution is 6.17. The van der Waals surface area contributed by atoms with Crippen LogP contribution in [0.3, 0.4) is 0 Å². The van der Waals surface area contributed by atoms with Gasteiger partial charge in [0.15, 0.2) is 11.6 Å². The van der Waals surface area contributed by atoms with E-state index in [1.807, 2.05) is 0 Å². The Morgan fingerprint density at radius 1 is 0.900 bits per heavy atom. The molecule has 0 heterocycles. The number of ketones is 2. The molecule has 1 aliphatic carbocycles. The summed E-state index contributed by atoms with van der Waals surface area (Å²) in [5, 5.41) is 20.7. The van der Waals surface area contributed by atoms with Crippen molar-refractivity contribution in [3.8, 4) is 0 Å². The van der Waals surface area contributed by atoms with Crippen LogP contribution >= 0.6 is 0 Å². The van der Waals surface area contributed by atoms with Crippen molar-refractivity contribution in [3.05, 3.63) is 23.7 Å². The third kappa shape index (κ3) is 0.907. The van der Waals surface area contributed by atoms with Gasteiger partial charge in [0, 0.05) is 0 Å². The van der Waals surface area contributed by atoms with E-state index in [0.717, 1.165) is 0 Å². The summed E-state index contributed by atoms with van der Waals surface area (Å²) in [7, 11) is 0. The van der Waals surface area contributed by atoms with Gasteiger partial charge in [-0.1, -0.05) is 11.5 Å². The molecule has 0 aromatic carbocycles. The summed E-state index contributed by atoms with van der Waals surface area (Å²) in [5.74, 6) is -3.71. The van der Waals surface area contributed by atoms with Crippen LogP contribution in [0.25, 0.3) is 0 Å². The van der Waals surface area contributed by atoms with Crippen LogP contribution in [0, 0.1) is 0 Å². The topological polar surface area (TPSA) is 80.3 Å². The highest BCUT2D eigenvalue weighted by Crippen LogP contribution is 2.01. The second kappa shape index (κ2) is 1.98. The number of allylic oxidation sites excluding steroid dienone is 2. The first-order chi connectivity index (χ1) is 4.61. The monoisotopic (exact) mass is 138 g/mol. The molecule has 0 saturated heterocycles. The molecule has 10 heavy (non-hydrogen) atoms. The van der Waals surface area contributed by atoms with Gasteiger partial charge in [0.2, 0.25) is 0 Å². The lowest BCUT2D eigenvalue weighted by atomic mass is 10.1. The second-order valence-corrected chi connectivity index (χ2v) is 1.75. The van der Waals surface area contributed by atoms with E-state index in [1.54, 1.807) is 0 Å². The van der Waals surface area contributed by atoms with Crippen LogP contribution in [-0.4, -0.2) is 11.6 Å². The molecule has 0 aromatic heterocycles. The van der Waals surface area contributed by atoms with E-state index in [0.29, 0.717) is 12.2 Å². The van der Waals surface area contributed by atoms with E-state index in [2.05, 4.69) is 0 Å². The minimum Gasteiger partial charge on any atom is -0.870 e. The Morgan fingerprint density at radius 2 is 1.20 bits per heavy atom. The van der Waals surface area contributed by atoms with Crippen LogP contribution in [-0.2, 0) is 9.59 Å². The lowest BCUT2D eigenvalue weighted by Gasteiger charge is -2.16. The highest BCUT2D eigenvalue weighted by Gasteiger charge is 2.05. The average molecular weight is 138 g/mol. The van der Waals surface area contributed by atoms with Crippen molar-refractivity contribution in [2.75, 3.05) is 0 Å². The Hall–Kier alpha value is -1.58. The molecule has 0 aromatic rings. The van der Waals surface area contributed by atoms with Crippen LogP contribution in [0.5, 0.6) is 0 Å². The fourth-order valence-electron chi connectivity index (χ4n) is 0.523. The number of hydrogen-bond acceptors (Lipinski definition) is 4. The van der Waals surface area contributed by atoms with Gasteiger partial charge < -0.3 is 10.2 Å². The maximum atomic E-state index is 10.3. The van der Waals surface area contributed by atoms with Crippen LogP contribution in [0.2, 0.25) is 0 Å². The molecule has 1 aliphatic rings. The molecule has 0 bridgehead atoms. The van der Waals surface area contributed by atoms with E-state index in [-0.39, 0.29) is 0 Å². The normalized spacial score (nSPS) is 18.4. The SMILES string of the molecule is O=C1C=C([O-])C(=O)C=C1[O-]. The first kappa shape index (κ1) is 6.54. The molecule has 0 unspecified atom stereocenters. The molecule has 0 N–H and O–H groups in total. The van der Waals surface area contributed by atoms with E-state index < -0.39 is 23.1 Å². The standard InChI is InChI=1S/C6H4O4/c7-3-1-4(8)6(10)2-5(3)9/h1-2,7,10H/p-2. The molecule has 0 fully saturated rings. The Kier molecular flexibility index (Phi) is 1.30. The number of carbonyl (C=O) groups excluding carboxylic acids is 2. The van der Waals surface area contributed by atoms with Gasteiger partial charge in [-0.2, -0.15) is 0 Å². The van der Waals surface area contributed by atoms with Gasteiger partial charge in [0.1, 0.15) is 0 Å². The van der Waals surface area contributed by atoms with E-state index >= 15 is 0 Å². The average Bonchev–Trinajstić information content (AvgIpc) is 1.84. The zero-order valence-electron chi connectivity index (χ0n) is 4.79. The van der Waals surface area contributed by atoms with Gasteiger partial charge in [0.25, 0.3) is 0 Å². The maximum absolute atomic E-state index is 10.3. The Bertz CT molecular complexity index is 231. The smallest absolute Gasteiger partial charge is 0.170 e. The molecule has 0 radical (unpaired) electrons. The molecular weight excluding hydrogens is 136 g/mol. The van der Waals surface area contributed by atoms with E-state index in [1.165, 1.54) is 0 Å². The predicted octanol–water partition coefficient (Wildman–Crippen LogP) is -2.37. The lowest BCUT2D eigenvalue weighted by molar-refractivity contribution is -0.306. The highest BCUT2D eigenvalue weighted by atomic mass is 16.3. The summed E-state index contributed by atoms with van der Waals surface area (Å²) in [4.78, 5) is 20.7. The third-order valence-corrected chi connectivity index (χ3v) is 1.01. The predicted molar refractivity (Wildman–Crippen MR) is 26.2 cm³/mol. The summed E-state index contributed by atoms with van der Waals surface area (Å²) in [5.41, 5.74) is 0. The van der Waals surface area contributed by atoms with Crippen molar-refractivity contribution >= 4 is 11.6 Å². The van der Waals surface area contributed by atoms with Gasteiger partial charge in [-0.25, -0.2) is 0 Å². The molecule has 0 saturated carbocycles. The van der Waals surface area contributed by atoms with Crippen molar-refractivity contribution in [3.63, 3.8) is 0 Å². The summed E-state index contributed by atoms with van der Waals surface area (Å²) in [6, 6.07) is 0.